The van der Waals surface area contributed by atoms with Gasteiger partial charge in [0, 0.05) is 0 Å². The molecule has 4 fully saturated rings. The van der Waals surface area contributed by atoms with Crippen molar-refractivity contribution in [3.8, 4) is 0 Å². The van der Waals surface area contributed by atoms with Crippen LogP contribution in [-0.4, -0.2) is 30.0 Å². The largest absolute Gasteiger partial charge is 0.457 e. The van der Waals surface area contributed by atoms with Gasteiger partial charge in [0.1, 0.15) is 18.8 Å². The Kier molecular flexibility index (Phi) is 3.80. The molecule has 112 valence electrons. The Morgan fingerprint density at radius 1 is 1.05 bits per heavy atom. The van der Waals surface area contributed by atoms with Crippen molar-refractivity contribution >= 4 is 22.8 Å². The highest BCUT2D eigenvalue weighted by atomic mass is 35.5. The number of ether oxygens (including phenoxy) is 2. The summed E-state index contributed by atoms with van der Waals surface area (Å²) < 4.78 is 10.7. The van der Waals surface area contributed by atoms with Crippen molar-refractivity contribution in [2.45, 2.75) is 44.6 Å². The molecule has 4 aliphatic rings. The van der Waals surface area contributed by atoms with E-state index in [0.717, 1.165) is 11.8 Å². The topological polar surface area (TPSA) is 52.6 Å². The molecule has 0 heterocycles. The number of hydrogen-bond donors (Lipinski definition) is 0. The Morgan fingerprint density at radius 2 is 1.60 bits per heavy atom. The van der Waals surface area contributed by atoms with E-state index in [1.165, 1.54) is 32.1 Å². The van der Waals surface area contributed by atoms with Crippen molar-refractivity contribution in [3.05, 3.63) is 0 Å². The molecule has 4 nitrogen and oxygen atoms in total. The molecule has 0 spiro atoms. The van der Waals surface area contributed by atoms with Gasteiger partial charge in [-0.15, -0.1) is 0 Å². The van der Waals surface area contributed by atoms with Crippen molar-refractivity contribution < 1.29 is 19.1 Å². The Hall–Kier alpha value is -0.610. The molecule has 0 N–H and O–H groups in total. The minimum Gasteiger partial charge on any atom is -0.457 e. The molecule has 0 aliphatic heterocycles. The van der Waals surface area contributed by atoms with Crippen molar-refractivity contribution in [1.29, 1.82) is 0 Å². The monoisotopic (exact) mass is 300 g/mol. The first-order valence-corrected chi connectivity index (χ1v) is 7.83. The van der Waals surface area contributed by atoms with Crippen molar-refractivity contribution in [2.75, 3.05) is 13.2 Å². The van der Waals surface area contributed by atoms with E-state index in [1.807, 2.05) is 0 Å². The van der Waals surface area contributed by atoms with Gasteiger partial charge in [-0.1, -0.05) is 0 Å². The number of rotatable bonds is 5. The summed E-state index contributed by atoms with van der Waals surface area (Å²) in [6, 6.07) is 0. The van der Waals surface area contributed by atoms with Gasteiger partial charge in [-0.05, 0) is 74.3 Å². The third-order valence-electron chi connectivity index (χ3n) is 5.53. The summed E-state index contributed by atoms with van der Waals surface area (Å²) in [5.41, 5.74) is -0.334. The van der Waals surface area contributed by atoms with Gasteiger partial charge in [0.05, 0.1) is 0 Å². The fourth-order valence-electron chi connectivity index (χ4n) is 4.78. The number of halogens is 1. The third-order valence-corrected chi connectivity index (χ3v) is 5.64. The summed E-state index contributed by atoms with van der Waals surface area (Å²) in [6.07, 6.45) is 6.14. The highest BCUT2D eigenvalue weighted by Crippen LogP contribution is 2.59. The Bertz CT molecular complexity index is 392. The van der Waals surface area contributed by atoms with E-state index in [4.69, 9.17) is 21.1 Å². The molecule has 0 atom stereocenters. The molecule has 0 saturated heterocycles. The maximum absolute atomic E-state index is 11.9. The first-order valence-electron chi connectivity index (χ1n) is 7.45. The van der Waals surface area contributed by atoms with Gasteiger partial charge in [-0.3, -0.25) is 4.79 Å². The van der Waals surface area contributed by atoms with Crippen LogP contribution < -0.4 is 0 Å². The molecule has 0 aromatic heterocycles. The summed E-state index contributed by atoms with van der Waals surface area (Å²) in [7, 11) is 0. The summed E-state index contributed by atoms with van der Waals surface area (Å²) in [5.74, 6) is 2.30. The molecule has 4 rings (SSSR count). The predicted octanol–water partition coefficient (Wildman–Crippen LogP) is 2.53. The van der Waals surface area contributed by atoms with Crippen molar-refractivity contribution in [1.82, 2.24) is 0 Å². The van der Waals surface area contributed by atoms with E-state index in [2.05, 4.69) is 6.92 Å². The molecule has 4 aliphatic carbocycles. The molecule has 0 radical (unpaired) electrons. The number of esters is 1. The molecule has 0 unspecified atom stereocenters. The number of hydrogen-bond acceptors (Lipinski definition) is 4. The standard InChI is InChI=1S/C15H21ClO4/c1-15(20-14(18)8-19-7-13(16)17)11-3-9-2-10(5-11)6-12(15)4-9/h9-12H,2-8H2,1H3. The van der Waals surface area contributed by atoms with Gasteiger partial charge in [-0.2, -0.15) is 0 Å². The molecule has 0 aromatic carbocycles. The molecule has 0 amide bonds. The van der Waals surface area contributed by atoms with E-state index in [9.17, 15) is 9.59 Å². The van der Waals surface area contributed by atoms with Gasteiger partial charge in [-0.25, -0.2) is 4.79 Å². The van der Waals surface area contributed by atoms with Gasteiger partial charge in [0.25, 0.3) is 0 Å². The smallest absolute Gasteiger partial charge is 0.332 e. The maximum Gasteiger partial charge on any atom is 0.332 e. The second kappa shape index (κ2) is 5.30. The maximum atomic E-state index is 11.9. The molecule has 4 bridgehead atoms. The fraction of sp³-hybridized carbons (Fsp3) is 0.867. The van der Waals surface area contributed by atoms with Crippen LogP contribution in [0.3, 0.4) is 0 Å². The highest BCUT2D eigenvalue weighted by molar-refractivity contribution is 6.63. The van der Waals surface area contributed by atoms with Crippen LogP contribution in [0.2, 0.25) is 0 Å². The average Bonchev–Trinajstić information content (AvgIpc) is 2.34. The second-order valence-electron chi connectivity index (χ2n) is 6.81. The normalized spacial score (nSPS) is 41.7. The fourth-order valence-corrected chi connectivity index (χ4v) is 4.85. The van der Waals surface area contributed by atoms with Gasteiger partial charge in [0.2, 0.25) is 5.24 Å². The minimum absolute atomic E-state index is 0.194. The van der Waals surface area contributed by atoms with Gasteiger partial charge >= 0.3 is 5.97 Å². The zero-order chi connectivity index (χ0) is 14.3. The molecule has 20 heavy (non-hydrogen) atoms. The van der Waals surface area contributed by atoms with Gasteiger partial charge < -0.3 is 9.47 Å². The first-order chi connectivity index (χ1) is 9.47. The second-order valence-corrected chi connectivity index (χ2v) is 7.23. The van der Waals surface area contributed by atoms with E-state index < -0.39 is 5.24 Å². The number of carbonyl (C=O) groups is 2. The lowest BCUT2D eigenvalue weighted by atomic mass is 9.50. The summed E-state index contributed by atoms with van der Waals surface area (Å²) >= 11 is 5.16. The minimum atomic E-state index is -0.598. The van der Waals surface area contributed by atoms with Crippen LogP contribution in [0.25, 0.3) is 0 Å². The lowest BCUT2D eigenvalue weighted by Crippen LogP contribution is -2.58. The Labute approximate surface area is 124 Å². The molecule has 4 saturated carbocycles. The van der Waals surface area contributed by atoms with E-state index in [-0.39, 0.29) is 24.8 Å². The molecular formula is C15H21ClO4. The lowest BCUT2D eigenvalue weighted by Gasteiger charge is -2.59. The van der Waals surface area contributed by atoms with E-state index in [0.29, 0.717) is 11.8 Å². The third kappa shape index (κ3) is 2.60. The quantitative estimate of drug-likeness (QED) is 0.578. The Balaban J connectivity index is 1.58. The lowest BCUT2D eigenvalue weighted by molar-refractivity contribution is -0.206. The average molecular weight is 301 g/mol. The van der Waals surface area contributed by atoms with Crippen LogP contribution in [0.4, 0.5) is 0 Å². The van der Waals surface area contributed by atoms with E-state index in [1.54, 1.807) is 0 Å². The van der Waals surface area contributed by atoms with Crippen LogP contribution in [-0.2, 0) is 19.1 Å². The molecule has 5 heteroatoms. The zero-order valence-corrected chi connectivity index (χ0v) is 12.5. The van der Waals surface area contributed by atoms with Gasteiger partial charge in [0.15, 0.2) is 0 Å². The van der Waals surface area contributed by atoms with Crippen LogP contribution in [0, 0.1) is 23.7 Å². The summed E-state index contributed by atoms with van der Waals surface area (Å²) in [5, 5.41) is -0.598. The van der Waals surface area contributed by atoms with Crippen LogP contribution >= 0.6 is 11.6 Å². The predicted molar refractivity (Wildman–Crippen MR) is 73.2 cm³/mol. The SMILES string of the molecule is CC1(OC(=O)COCC(=O)Cl)C2CC3CC(C2)CC1C3. The first kappa shape index (κ1) is 14.3. The van der Waals surface area contributed by atoms with Crippen molar-refractivity contribution in [3.63, 3.8) is 0 Å². The Morgan fingerprint density at radius 3 is 2.10 bits per heavy atom. The van der Waals surface area contributed by atoms with Crippen LogP contribution in [0.1, 0.15) is 39.0 Å². The van der Waals surface area contributed by atoms with Crippen LogP contribution in [0.5, 0.6) is 0 Å². The number of carbonyl (C=O) groups excluding carboxylic acids is 2. The van der Waals surface area contributed by atoms with E-state index >= 15 is 0 Å². The summed E-state index contributed by atoms with van der Waals surface area (Å²) in [6.45, 7) is 1.65. The van der Waals surface area contributed by atoms with Crippen molar-refractivity contribution in [2.24, 2.45) is 23.7 Å². The molecule has 0 aromatic rings. The van der Waals surface area contributed by atoms with Crippen LogP contribution in [0.15, 0.2) is 0 Å². The zero-order valence-electron chi connectivity index (χ0n) is 11.8. The summed E-state index contributed by atoms with van der Waals surface area (Å²) in [4.78, 5) is 22.5. The highest BCUT2D eigenvalue weighted by Gasteiger charge is 2.56. The molecular weight excluding hydrogens is 280 g/mol.